The molecule has 1 aromatic heterocycles. The number of anilines is 1. The second-order valence-corrected chi connectivity index (χ2v) is 4.17. The molecule has 1 aromatic rings. The largest absolute Gasteiger partial charge is 0.422 e. The number of nitrogens with zero attached hydrogens (tertiary/aromatic N) is 2. The van der Waals surface area contributed by atoms with Crippen LogP contribution in [0.3, 0.4) is 0 Å². The maximum Gasteiger partial charge on any atom is 0.308 e. The maximum absolute atomic E-state index is 11.5. The first-order chi connectivity index (χ1) is 8.34. The predicted molar refractivity (Wildman–Crippen MR) is 67.1 cm³/mol. The first-order valence-corrected chi connectivity index (χ1v) is 5.78. The van der Waals surface area contributed by atoms with Gasteiger partial charge in [0.15, 0.2) is 10.4 Å². The van der Waals surface area contributed by atoms with Crippen LogP contribution >= 0.6 is 15.9 Å². The van der Waals surface area contributed by atoms with Crippen LogP contribution in [0.25, 0.3) is 0 Å². The van der Waals surface area contributed by atoms with Crippen LogP contribution < -0.4 is 9.64 Å². The van der Waals surface area contributed by atoms with Crippen molar-refractivity contribution in [2.45, 2.75) is 20.8 Å². The Labute approximate surface area is 112 Å². The molecule has 1 heterocycles. The van der Waals surface area contributed by atoms with Gasteiger partial charge in [-0.25, -0.2) is 9.88 Å². The van der Waals surface area contributed by atoms with Crippen LogP contribution in [0.15, 0.2) is 16.9 Å². The molecule has 7 heteroatoms. The Balaban J connectivity index is 3.38. The van der Waals surface area contributed by atoms with E-state index >= 15 is 0 Å². The van der Waals surface area contributed by atoms with Crippen LogP contribution in [0.5, 0.6) is 5.75 Å². The number of carbonyl (C=O) groups is 3. The minimum Gasteiger partial charge on any atom is -0.422 e. The van der Waals surface area contributed by atoms with Crippen molar-refractivity contribution in [2.24, 2.45) is 0 Å². The number of rotatable bonds is 2. The third-order valence-corrected chi connectivity index (χ3v) is 2.52. The molecule has 0 fully saturated rings. The molecular weight excluding hydrogens is 304 g/mol. The lowest BCUT2D eigenvalue weighted by Gasteiger charge is -2.20. The molecule has 2 amide bonds. The van der Waals surface area contributed by atoms with Crippen molar-refractivity contribution in [3.05, 3.63) is 16.9 Å². The number of amides is 2. The third kappa shape index (κ3) is 3.13. The number of ether oxygens (including phenoxy) is 1. The van der Waals surface area contributed by atoms with Gasteiger partial charge in [-0.05, 0) is 22.0 Å². The number of esters is 1. The maximum atomic E-state index is 11.5. The second kappa shape index (κ2) is 5.72. The average Bonchev–Trinajstić information content (AvgIpc) is 2.21. The van der Waals surface area contributed by atoms with E-state index in [0.717, 1.165) is 4.90 Å². The Hall–Kier alpha value is -1.76. The standard InChI is InChI=1S/C11H11BrN2O4/c1-6(15)14(7(2)16)9-4-5-13-11(12)10(9)18-8(3)17/h4-5H,1-3H3. The molecule has 6 nitrogen and oxygen atoms in total. The van der Waals surface area contributed by atoms with Crippen molar-refractivity contribution in [3.63, 3.8) is 0 Å². The molecule has 0 bridgehead atoms. The molecule has 0 unspecified atom stereocenters. The van der Waals surface area contributed by atoms with Gasteiger partial charge < -0.3 is 4.74 Å². The summed E-state index contributed by atoms with van der Waals surface area (Å²) in [6.45, 7) is 3.70. The summed E-state index contributed by atoms with van der Waals surface area (Å²) in [5.74, 6) is -1.49. The summed E-state index contributed by atoms with van der Waals surface area (Å²) < 4.78 is 5.20. The summed E-state index contributed by atoms with van der Waals surface area (Å²) in [7, 11) is 0. The van der Waals surface area contributed by atoms with Gasteiger partial charge in [0.25, 0.3) is 0 Å². The highest BCUT2D eigenvalue weighted by atomic mass is 79.9. The zero-order chi connectivity index (χ0) is 13.9. The van der Waals surface area contributed by atoms with Gasteiger partial charge in [-0.3, -0.25) is 14.4 Å². The van der Waals surface area contributed by atoms with E-state index in [1.807, 2.05) is 0 Å². The molecule has 0 saturated heterocycles. The quantitative estimate of drug-likeness (QED) is 0.613. The number of pyridine rings is 1. The van der Waals surface area contributed by atoms with Crippen LogP contribution in [0, 0.1) is 0 Å². The van der Waals surface area contributed by atoms with Crippen molar-refractivity contribution in [1.29, 1.82) is 0 Å². The minimum atomic E-state index is -0.572. The average molecular weight is 315 g/mol. The van der Waals surface area contributed by atoms with E-state index in [0.29, 0.717) is 0 Å². The molecule has 0 aromatic carbocycles. The van der Waals surface area contributed by atoms with Crippen LogP contribution in [0.4, 0.5) is 5.69 Å². The molecule has 18 heavy (non-hydrogen) atoms. The Bertz CT molecular complexity index is 502. The van der Waals surface area contributed by atoms with Gasteiger partial charge in [0.1, 0.15) is 0 Å². The lowest BCUT2D eigenvalue weighted by atomic mass is 10.3. The van der Waals surface area contributed by atoms with Crippen LogP contribution in [-0.2, 0) is 14.4 Å². The molecule has 0 aliphatic heterocycles. The van der Waals surface area contributed by atoms with E-state index in [1.165, 1.54) is 33.0 Å². The topological polar surface area (TPSA) is 76.6 Å². The Morgan fingerprint density at radius 1 is 1.22 bits per heavy atom. The molecule has 0 radical (unpaired) electrons. The van der Waals surface area contributed by atoms with E-state index < -0.39 is 17.8 Å². The zero-order valence-electron chi connectivity index (χ0n) is 10.1. The molecule has 0 aliphatic rings. The van der Waals surface area contributed by atoms with E-state index in [2.05, 4.69) is 20.9 Å². The fraction of sp³-hybridized carbons (Fsp3) is 0.273. The normalized spacial score (nSPS) is 9.78. The number of carbonyl (C=O) groups excluding carboxylic acids is 3. The van der Waals surface area contributed by atoms with Gasteiger partial charge in [-0.1, -0.05) is 0 Å². The molecule has 1 rings (SSSR count). The molecule has 0 atom stereocenters. The van der Waals surface area contributed by atoms with Crippen molar-refractivity contribution >= 4 is 39.4 Å². The van der Waals surface area contributed by atoms with Gasteiger partial charge in [-0.2, -0.15) is 0 Å². The third-order valence-electron chi connectivity index (χ3n) is 1.96. The summed E-state index contributed by atoms with van der Waals surface area (Å²) in [5, 5.41) is 0. The Kier molecular flexibility index (Phi) is 4.55. The van der Waals surface area contributed by atoms with Crippen molar-refractivity contribution in [1.82, 2.24) is 4.98 Å². The van der Waals surface area contributed by atoms with Gasteiger partial charge >= 0.3 is 5.97 Å². The lowest BCUT2D eigenvalue weighted by molar-refractivity contribution is -0.132. The van der Waals surface area contributed by atoms with Gasteiger partial charge in [0.2, 0.25) is 11.8 Å². The number of halogens is 1. The zero-order valence-corrected chi connectivity index (χ0v) is 11.6. The minimum absolute atomic E-state index is 0.0374. The molecule has 96 valence electrons. The molecule has 0 spiro atoms. The van der Waals surface area contributed by atoms with Gasteiger partial charge in [0, 0.05) is 27.0 Å². The first kappa shape index (κ1) is 14.3. The highest BCUT2D eigenvalue weighted by molar-refractivity contribution is 9.10. The predicted octanol–water partition coefficient (Wildman–Crippen LogP) is 1.67. The van der Waals surface area contributed by atoms with E-state index in [-0.39, 0.29) is 16.0 Å². The highest BCUT2D eigenvalue weighted by Gasteiger charge is 2.23. The van der Waals surface area contributed by atoms with E-state index in [4.69, 9.17) is 4.74 Å². The Morgan fingerprint density at radius 2 is 1.78 bits per heavy atom. The lowest BCUT2D eigenvalue weighted by Crippen LogP contribution is -2.33. The van der Waals surface area contributed by atoms with Crippen molar-refractivity contribution < 1.29 is 19.1 Å². The fourth-order valence-corrected chi connectivity index (χ4v) is 1.79. The highest BCUT2D eigenvalue weighted by Crippen LogP contribution is 2.34. The summed E-state index contributed by atoms with van der Waals surface area (Å²) in [4.78, 5) is 38.7. The number of imide groups is 1. The van der Waals surface area contributed by atoms with E-state index in [1.54, 1.807) is 0 Å². The molecule has 0 aliphatic carbocycles. The molecule has 0 N–H and O–H groups in total. The monoisotopic (exact) mass is 314 g/mol. The number of hydrogen-bond donors (Lipinski definition) is 0. The smallest absolute Gasteiger partial charge is 0.308 e. The van der Waals surface area contributed by atoms with Crippen LogP contribution in [-0.4, -0.2) is 22.8 Å². The molecule has 0 saturated carbocycles. The summed E-state index contributed by atoms with van der Waals surface area (Å²) in [6.07, 6.45) is 1.39. The Morgan fingerprint density at radius 3 is 2.22 bits per heavy atom. The van der Waals surface area contributed by atoms with Crippen LogP contribution in [0.2, 0.25) is 0 Å². The van der Waals surface area contributed by atoms with Gasteiger partial charge in [-0.15, -0.1) is 0 Å². The molecular formula is C11H11BrN2O4. The SMILES string of the molecule is CC(=O)Oc1c(N(C(C)=O)C(C)=O)ccnc1Br. The van der Waals surface area contributed by atoms with Crippen LogP contribution in [0.1, 0.15) is 20.8 Å². The summed E-state index contributed by atoms with van der Waals surface area (Å²) in [6, 6.07) is 1.42. The summed E-state index contributed by atoms with van der Waals surface area (Å²) >= 11 is 3.10. The number of aromatic nitrogens is 1. The first-order valence-electron chi connectivity index (χ1n) is 4.98. The second-order valence-electron chi connectivity index (χ2n) is 3.42. The summed E-state index contributed by atoms with van der Waals surface area (Å²) in [5.41, 5.74) is 0.173. The number of hydrogen-bond acceptors (Lipinski definition) is 5. The van der Waals surface area contributed by atoms with Crippen molar-refractivity contribution in [2.75, 3.05) is 4.90 Å². The van der Waals surface area contributed by atoms with Gasteiger partial charge in [0.05, 0.1) is 5.69 Å². The van der Waals surface area contributed by atoms with Crippen molar-refractivity contribution in [3.8, 4) is 5.75 Å². The fourth-order valence-electron chi connectivity index (χ4n) is 1.39. The van der Waals surface area contributed by atoms with E-state index in [9.17, 15) is 14.4 Å².